The van der Waals surface area contributed by atoms with Gasteiger partial charge in [0.25, 0.3) is 0 Å². The second kappa shape index (κ2) is 20.9. The molecule has 0 amide bonds. The molecule has 3 aromatic heterocycles. The monoisotopic (exact) mass is 782 g/mol. The van der Waals surface area contributed by atoms with Gasteiger partial charge < -0.3 is 17.6 Å². The maximum Gasteiger partial charge on any atom is 1.00 e. The summed E-state index contributed by atoms with van der Waals surface area (Å²) < 4.78 is 44.5. The van der Waals surface area contributed by atoms with Gasteiger partial charge in [0.2, 0.25) is 0 Å². The van der Waals surface area contributed by atoms with Gasteiger partial charge in [-0.25, -0.2) is 42.2 Å². The molecule has 0 atom stereocenters. The predicted molar refractivity (Wildman–Crippen MR) is 175 cm³/mol. The fourth-order valence-electron chi connectivity index (χ4n) is 3.94. The standard InChI is InChI=1S/C10H11FN4.C10H7FN4.C9H7BrFN3.C2H6.CN.Cu/c2*1-7-13-6-14-15(7)10-4-9(11)3-2-8(10)5-12;1-6-12-5-13-14(6)9-4-7(11)2-3-8(9)10;2*1-2;/h2-4,6H,5,12H2,1H3;2-4,6H,1H3;2-5H,1H3;1-2H3;;/q;;;;-1;+1. The van der Waals surface area contributed by atoms with Crippen LogP contribution in [0.25, 0.3) is 17.1 Å². The van der Waals surface area contributed by atoms with Crippen molar-refractivity contribution in [1.29, 1.82) is 10.5 Å². The van der Waals surface area contributed by atoms with Crippen LogP contribution in [0.15, 0.2) is 78.1 Å². The molecule has 3 heterocycles. The van der Waals surface area contributed by atoms with Gasteiger partial charge in [0.15, 0.2) is 0 Å². The Hall–Kier alpha value is -5.19. The molecular formula is C32H31BrCuF3N12. The smallest absolute Gasteiger partial charge is 0.512 e. The van der Waals surface area contributed by atoms with Crippen molar-refractivity contribution < 1.29 is 30.2 Å². The van der Waals surface area contributed by atoms with Crippen LogP contribution in [0.4, 0.5) is 13.2 Å². The van der Waals surface area contributed by atoms with Crippen molar-refractivity contribution >= 4 is 15.9 Å². The first kappa shape index (κ1) is 41.8. The van der Waals surface area contributed by atoms with E-state index in [9.17, 15) is 13.2 Å². The maximum absolute atomic E-state index is 13.1. The molecule has 0 aliphatic rings. The zero-order valence-corrected chi connectivity index (χ0v) is 29.5. The summed E-state index contributed by atoms with van der Waals surface area (Å²) in [5, 5.41) is 27.1. The summed E-state index contributed by atoms with van der Waals surface area (Å²) in [4.78, 5) is 11.9. The Labute approximate surface area is 300 Å². The van der Waals surface area contributed by atoms with Gasteiger partial charge in [0.05, 0.1) is 22.6 Å². The molecule has 49 heavy (non-hydrogen) atoms. The van der Waals surface area contributed by atoms with E-state index < -0.39 is 5.82 Å². The van der Waals surface area contributed by atoms with Gasteiger partial charge in [-0.15, -0.1) is 0 Å². The molecule has 6 rings (SSSR count). The normalized spacial score (nSPS) is 9.45. The number of aryl methyl sites for hydroxylation is 3. The minimum atomic E-state index is -0.404. The van der Waals surface area contributed by atoms with Crippen molar-refractivity contribution in [2.75, 3.05) is 0 Å². The van der Waals surface area contributed by atoms with E-state index in [0.717, 1.165) is 15.9 Å². The molecule has 0 saturated carbocycles. The number of nitriles is 1. The van der Waals surface area contributed by atoms with Crippen LogP contribution in [-0.4, -0.2) is 44.3 Å². The topological polar surface area (TPSA) is 166 Å². The van der Waals surface area contributed by atoms with E-state index in [2.05, 4.69) is 46.2 Å². The van der Waals surface area contributed by atoms with Crippen LogP contribution in [-0.2, 0) is 23.6 Å². The third-order valence-electron chi connectivity index (χ3n) is 6.09. The molecule has 0 saturated heterocycles. The molecular weight excluding hydrogens is 753 g/mol. The summed E-state index contributed by atoms with van der Waals surface area (Å²) in [6, 6.07) is 14.8. The van der Waals surface area contributed by atoms with Crippen molar-refractivity contribution in [2.45, 2.75) is 41.2 Å². The van der Waals surface area contributed by atoms with E-state index in [0.29, 0.717) is 40.8 Å². The third kappa shape index (κ3) is 11.2. The molecule has 0 aliphatic heterocycles. The molecule has 0 bridgehead atoms. The Kier molecular flexibility index (Phi) is 17.9. The Morgan fingerprint density at radius 1 is 0.694 bits per heavy atom. The summed E-state index contributed by atoms with van der Waals surface area (Å²) in [6.45, 7) is 14.4. The fraction of sp³-hybridized carbons (Fsp3) is 0.188. The Morgan fingerprint density at radius 3 is 1.51 bits per heavy atom. The SMILES string of the molecule is CC.Cc1ncnn1-c1cc(F)ccc1Br.Cc1ncnn1-c1cc(F)ccc1C#N.Cc1ncnn1-c1cc(F)ccc1CN.[C-]#N.[Cu+]. The molecule has 2 N–H and O–H groups in total. The van der Waals surface area contributed by atoms with Gasteiger partial charge in [0.1, 0.15) is 60.0 Å². The Bertz CT molecular complexity index is 1980. The first-order chi connectivity index (χ1) is 23.1. The van der Waals surface area contributed by atoms with Crippen molar-refractivity contribution in [3.8, 4) is 23.1 Å². The molecule has 6 aromatic rings. The van der Waals surface area contributed by atoms with E-state index in [4.69, 9.17) is 22.8 Å². The minimum Gasteiger partial charge on any atom is -0.512 e. The molecule has 3 aromatic carbocycles. The summed E-state index contributed by atoms with van der Waals surface area (Å²) in [5.41, 5.74) is 8.48. The number of hydrogen-bond acceptors (Lipinski definition) is 9. The Morgan fingerprint density at radius 2 is 1.08 bits per heavy atom. The van der Waals surface area contributed by atoms with Crippen molar-refractivity contribution in [2.24, 2.45) is 5.73 Å². The number of rotatable bonds is 4. The van der Waals surface area contributed by atoms with Gasteiger partial charge in [0, 0.05) is 23.2 Å². The second-order valence-corrected chi connectivity index (χ2v) is 9.86. The number of nitrogens with zero attached hydrogens (tertiary/aromatic N) is 11. The van der Waals surface area contributed by atoms with E-state index >= 15 is 0 Å². The number of nitrogens with two attached hydrogens (primary N) is 1. The number of halogens is 4. The molecule has 0 fully saturated rings. The van der Waals surface area contributed by atoms with Crippen LogP contribution >= 0.6 is 15.9 Å². The number of benzene rings is 3. The quantitative estimate of drug-likeness (QED) is 0.158. The van der Waals surface area contributed by atoms with Gasteiger partial charge in [-0.2, -0.15) is 20.6 Å². The summed E-state index contributed by atoms with van der Waals surface area (Å²) >= 11 is 3.33. The van der Waals surface area contributed by atoms with Gasteiger partial charge in [-0.05, 0) is 78.7 Å². The van der Waals surface area contributed by atoms with Crippen molar-refractivity contribution in [1.82, 2.24) is 44.3 Å². The Balaban J connectivity index is 0.000000346. The largest absolute Gasteiger partial charge is 1.00 e. The molecule has 17 heteroatoms. The van der Waals surface area contributed by atoms with Gasteiger partial charge in [-0.1, -0.05) is 19.9 Å². The minimum absolute atomic E-state index is 0. The molecule has 0 radical (unpaired) electrons. The third-order valence-corrected chi connectivity index (χ3v) is 6.77. The molecule has 258 valence electrons. The average molecular weight is 784 g/mol. The molecule has 0 spiro atoms. The number of aromatic nitrogens is 9. The van der Waals surface area contributed by atoms with Crippen LogP contribution in [0.3, 0.4) is 0 Å². The van der Waals surface area contributed by atoms with E-state index in [-0.39, 0.29) is 28.7 Å². The van der Waals surface area contributed by atoms with Crippen LogP contribution in [0, 0.1) is 61.4 Å². The van der Waals surface area contributed by atoms with Gasteiger partial charge in [-0.3, -0.25) is 0 Å². The maximum atomic E-state index is 13.1. The molecule has 0 aliphatic carbocycles. The van der Waals surface area contributed by atoms with E-state index in [1.807, 2.05) is 26.8 Å². The summed E-state index contributed by atoms with van der Waals surface area (Å²) in [7, 11) is 0. The molecule has 0 unspecified atom stereocenters. The predicted octanol–water partition coefficient (Wildman–Crippen LogP) is 6.36. The van der Waals surface area contributed by atoms with Crippen molar-refractivity contribution in [3.05, 3.63) is 131 Å². The zero-order valence-electron chi connectivity index (χ0n) is 26.9. The van der Waals surface area contributed by atoms with Crippen molar-refractivity contribution in [3.63, 3.8) is 0 Å². The van der Waals surface area contributed by atoms with Crippen LogP contribution in [0.2, 0.25) is 0 Å². The second-order valence-electron chi connectivity index (χ2n) is 9.00. The first-order valence-electron chi connectivity index (χ1n) is 14.1. The number of hydrogen-bond donors (Lipinski definition) is 1. The van der Waals surface area contributed by atoms with Gasteiger partial charge >= 0.3 is 17.1 Å². The van der Waals surface area contributed by atoms with Crippen LogP contribution in [0.1, 0.15) is 42.4 Å². The first-order valence-corrected chi connectivity index (χ1v) is 14.9. The van der Waals surface area contributed by atoms with Crippen LogP contribution in [0.5, 0.6) is 0 Å². The summed E-state index contributed by atoms with van der Waals surface area (Å²) in [5.74, 6) is 1.03. The average Bonchev–Trinajstić information content (AvgIpc) is 3.85. The van der Waals surface area contributed by atoms with E-state index in [1.54, 1.807) is 35.3 Å². The van der Waals surface area contributed by atoms with Crippen LogP contribution < -0.4 is 5.73 Å². The zero-order chi connectivity index (χ0) is 35.8. The molecule has 12 nitrogen and oxygen atoms in total. The fourth-order valence-corrected chi connectivity index (χ4v) is 4.35. The van der Waals surface area contributed by atoms with E-state index in [1.165, 1.54) is 66.1 Å². The summed E-state index contributed by atoms with van der Waals surface area (Å²) in [6.07, 6.45) is 4.23.